The Bertz CT molecular complexity index is 1790. The zero-order valence-corrected chi connectivity index (χ0v) is 28.2. The third-order valence-electron chi connectivity index (χ3n) is 8.82. The molecule has 47 heavy (non-hydrogen) atoms. The number of benzene rings is 3. The monoisotopic (exact) mass is 668 g/mol. The fraction of sp³-hybridized carbons (Fsp3) is 0.333. The van der Waals surface area contributed by atoms with E-state index in [0.29, 0.717) is 41.0 Å². The van der Waals surface area contributed by atoms with Gasteiger partial charge in [-0.1, -0.05) is 29.3 Å². The molecule has 2 fully saturated rings. The molecule has 0 atom stereocenters. The summed E-state index contributed by atoms with van der Waals surface area (Å²) in [6.07, 6.45) is 4.83. The molecule has 0 aliphatic carbocycles. The van der Waals surface area contributed by atoms with Crippen LogP contribution in [0.25, 0.3) is 5.69 Å². The first kappa shape index (κ1) is 32.6. The molecule has 4 aromatic rings. The second-order valence-corrected chi connectivity index (χ2v) is 13.0. The van der Waals surface area contributed by atoms with Crippen LogP contribution in [0.3, 0.4) is 0 Å². The largest absolute Gasteiger partial charge is 0.368 e. The summed E-state index contributed by atoms with van der Waals surface area (Å²) in [4.78, 5) is 24.1. The number of carbonyl (C=O) groups excluding carboxylic acids is 1. The number of rotatable bonds is 8. The van der Waals surface area contributed by atoms with Crippen LogP contribution < -0.4 is 10.2 Å². The van der Waals surface area contributed by atoms with E-state index >= 15 is 0 Å². The molecule has 1 aromatic heterocycles. The van der Waals surface area contributed by atoms with Crippen molar-refractivity contribution in [1.82, 2.24) is 19.6 Å². The van der Waals surface area contributed by atoms with Crippen molar-refractivity contribution in [2.45, 2.75) is 39.7 Å². The maximum absolute atomic E-state index is 13.1. The molecule has 3 heterocycles. The van der Waals surface area contributed by atoms with Gasteiger partial charge in [0.15, 0.2) is 0 Å². The van der Waals surface area contributed by atoms with Crippen molar-refractivity contribution in [3.8, 4) is 11.9 Å². The van der Waals surface area contributed by atoms with Gasteiger partial charge in [-0.15, -0.1) is 0 Å². The summed E-state index contributed by atoms with van der Waals surface area (Å²) in [5, 5.41) is 18.2. The molecule has 0 saturated carbocycles. The van der Waals surface area contributed by atoms with Crippen molar-refractivity contribution in [3.05, 3.63) is 105 Å². The Morgan fingerprint density at radius 3 is 2.26 bits per heavy atom. The Morgan fingerprint density at radius 2 is 1.62 bits per heavy atom. The lowest BCUT2D eigenvalue weighted by Gasteiger charge is -2.37. The summed E-state index contributed by atoms with van der Waals surface area (Å²) in [7, 11) is 0. The number of piperazine rings is 1. The van der Waals surface area contributed by atoms with E-state index < -0.39 is 0 Å². The summed E-state index contributed by atoms with van der Waals surface area (Å²) < 4.78 is 1.84. The highest BCUT2D eigenvalue weighted by Gasteiger charge is 2.23. The first-order valence-corrected chi connectivity index (χ1v) is 16.7. The molecule has 1 N–H and O–H groups in total. The number of likely N-dealkylation sites (tertiary alicyclic amines) is 1. The highest BCUT2D eigenvalue weighted by atomic mass is 35.5. The fourth-order valence-electron chi connectivity index (χ4n) is 6.40. The van der Waals surface area contributed by atoms with Gasteiger partial charge in [0, 0.05) is 71.8 Å². The molecule has 6 rings (SSSR count). The molecular weight excluding hydrogens is 631 g/mol. The highest BCUT2D eigenvalue weighted by Crippen LogP contribution is 2.30. The second kappa shape index (κ2) is 14.6. The van der Waals surface area contributed by atoms with Crippen molar-refractivity contribution >= 4 is 46.3 Å². The number of carbonyl (C=O) groups is 1. The number of aryl methyl sites for hydroxylation is 2. The maximum Gasteiger partial charge on any atom is 0.255 e. The number of hydrogen-bond acceptors (Lipinski definition) is 6. The summed E-state index contributed by atoms with van der Waals surface area (Å²) >= 11 is 13.5. The summed E-state index contributed by atoms with van der Waals surface area (Å²) in [6.45, 7) is 9.91. The molecule has 11 heteroatoms. The minimum atomic E-state index is -0.180. The van der Waals surface area contributed by atoms with E-state index in [9.17, 15) is 10.1 Å². The predicted octanol–water partition coefficient (Wildman–Crippen LogP) is 6.89. The number of aromatic nitrogens is 2. The molecule has 0 unspecified atom stereocenters. The smallest absolute Gasteiger partial charge is 0.255 e. The number of amides is 1. The first-order valence-electron chi connectivity index (χ1n) is 16.0. The van der Waals surface area contributed by atoms with E-state index in [1.807, 2.05) is 85.4 Å². The Labute approximate surface area is 286 Å². The number of nitriles is 1. The minimum Gasteiger partial charge on any atom is -0.368 e. The van der Waals surface area contributed by atoms with Crippen molar-refractivity contribution in [3.63, 3.8) is 0 Å². The van der Waals surface area contributed by atoms with Crippen LogP contribution in [0.5, 0.6) is 0 Å². The lowest BCUT2D eigenvalue weighted by Crippen LogP contribution is -2.49. The lowest BCUT2D eigenvalue weighted by atomic mass is 10.1. The first-order chi connectivity index (χ1) is 22.8. The topological polar surface area (TPSA) is 92.8 Å². The van der Waals surface area contributed by atoms with E-state index in [2.05, 4.69) is 30.1 Å². The standard InChI is InChI=1S/C36H38Cl2N8O/c1-25-18-26(2)46(42-25)31-7-5-6-28(21-31)36(47)41-29-8-10-30(11-9-29)44-14-16-45(17-15-44)35(40-24-39)22-32-33(37)19-27(20-34(32)38)23-43-12-3-4-13-43/h5-11,18-21H,3-4,12-17,22-23H2,1-2H3,(H,41,47)/b40-35-. The van der Waals surface area contributed by atoms with Gasteiger partial charge in [-0.05, 0) is 112 Å². The quantitative estimate of drug-likeness (QED) is 0.125. The number of amidine groups is 1. The minimum absolute atomic E-state index is 0.180. The number of anilines is 2. The van der Waals surface area contributed by atoms with Crippen LogP contribution in [-0.2, 0) is 13.0 Å². The second-order valence-electron chi connectivity index (χ2n) is 12.2. The molecule has 3 aromatic carbocycles. The molecule has 0 radical (unpaired) electrons. The van der Waals surface area contributed by atoms with Gasteiger partial charge in [-0.3, -0.25) is 9.69 Å². The van der Waals surface area contributed by atoms with Gasteiger partial charge in [0.1, 0.15) is 5.84 Å². The normalized spacial score (nSPS) is 15.6. The van der Waals surface area contributed by atoms with Gasteiger partial charge < -0.3 is 15.1 Å². The van der Waals surface area contributed by atoms with E-state index in [0.717, 1.165) is 72.3 Å². The summed E-state index contributed by atoms with van der Waals surface area (Å²) in [5.41, 5.74) is 7.03. The number of nitrogens with zero attached hydrogens (tertiary/aromatic N) is 7. The number of nitrogens with one attached hydrogen (secondary N) is 1. The van der Waals surface area contributed by atoms with Crippen molar-refractivity contribution in [2.75, 3.05) is 49.5 Å². The molecule has 0 bridgehead atoms. The van der Waals surface area contributed by atoms with Gasteiger partial charge in [-0.2, -0.15) is 15.4 Å². The van der Waals surface area contributed by atoms with Gasteiger partial charge in [0.05, 0.1) is 11.4 Å². The molecule has 9 nitrogen and oxygen atoms in total. The van der Waals surface area contributed by atoms with Crippen LogP contribution in [0.4, 0.5) is 11.4 Å². The zero-order valence-electron chi connectivity index (χ0n) is 26.7. The SMILES string of the molecule is Cc1cc(C)n(-c2cccc(C(=O)Nc3ccc(N4CCN(/C(Cc5c(Cl)cc(CN6CCCC6)cc5Cl)=N\C#N)CC4)cc3)c2)n1. The van der Waals surface area contributed by atoms with Crippen LogP contribution in [0.1, 0.15) is 45.7 Å². The molecule has 2 saturated heterocycles. The number of halogens is 2. The molecule has 2 aliphatic rings. The zero-order chi connectivity index (χ0) is 32.9. The Morgan fingerprint density at radius 1 is 0.915 bits per heavy atom. The van der Waals surface area contributed by atoms with Crippen molar-refractivity contribution in [1.29, 1.82) is 5.26 Å². The van der Waals surface area contributed by atoms with Crippen LogP contribution in [-0.4, -0.2) is 70.6 Å². The third kappa shape index (κ3) is 7.79. The molecule has 0 spiro atoms. The van der Waals surface area contributed by atoms with E-state index in [-0.39, 0.29) is 5.91 Å². The Balaban J connectivity index is 1.05. The third-order valence-corrected chi connectivity index (χ3v) is 9.49. The number of hydrogen-bond donors (Lipinski definition) is 1. The van der Waals surface area contributed by atoms with Gasteiger partial charge in [-0.25, -0.2) is 4.68 Å². The van der Waals surface area contributed by atoms with Crippen LogP contribution in [0.2, 0.25) is 10.0 Å². The Hall–Kier alpha value is -4.36. The van der Waals surface area contributed by atoms with E-state index in [4.69, 9.17) is 23.2 Å². The average Bonchev–Trinajstić information content (AvgIpc) is 3.71. The fourth-order valence-corrected chi connectivity index (χ4v) is 7.07. The van der Waals surface area contributed by atoms with Crippen molar-refractivity contribution in [2.24, 2.45) is 4.99 Å². The molecule has 1 amide bonds. The van der Waals surface area contributed by atoms with Crippen LogP contribution in [0, 0.1) is 25.3 Å². The van der Waals surface area contributed by atoms with Crippen LogP contribution >= 0.6 is 23.2 Å². The Kier molecular flexibility index (Phi) is 10.1. The lowest BCUT2D eigenvalue weighted by molar-refractivity contribution is 0.102. The van der Waals surface area contributed by atoms with E-state index in [1.165, 1.54) is 12.8 Å². The molecular formula is C36H38Cl2N8O. The average molecular weight is 670 g/mol. The summed E-state index contributed by atoms with van der Waals surface area (Å²) in [5.74, 6) is 0.490. The van der Waals surface area contributed by atoms with E-state index in [1.54, 1.807) is 6.07 Å². The van der Waals surface area contributed by atoms with Crippen molar-refractivity contribution < 1.29 is 4.79 Å². The van der Waals surface area contributed by atoms with Crippen LogP contribution in [0.15, 0.2) is 71.7 Å². The number of aliphatic imine (C=N–C) groups is 1. The summed E-state index contributed by atoms with van der Waals surface area (Å²) in [6, 6.07) is 21.3. The molecule has 2 aliphatic heterocycles. The molecule has 242 valence electrons. The highest BCUT2D eigenvalue weighted by molar-refractivity contribution is 6.36. The van der Waals surface area contributed by atoms with Gasteiger partial charge in [0.2, 0.25) is 6.19 Å². The predicted molar refractivity (Wildman–Crippen MR) is 189 cm³/mol. The maximum atomic E-state index is 13.1. The van der Waals surface area contributed by atoms with Gasteiger partial charge in [0.25, 0.3) is 5.91 Å². The van der Waals surface area contributed by atoms with Gasteiger partial charge >= 0.3 is 0 Å².